The number of carbonyl (C=O) groups excluding carboxylic acids is 1. The predicted octanol–water partition coefficient (Wildman–Crippen LogP) is 2.66. The van der Waals surface area contributed by atoms with Crippen molar-refractivity contribution in [2.75, 3.05) is 5.32 Å². The van der Waals surface area contributed by atoms with Gasteiger partial charge in [0, 0.05) is 11.8 Å². The lowest BCUT2D eigenvalue weighted by atomic mass is 10.1. The van der Waals surface area contributed by atoms with Crippen molar-refractivity contribution in [2.24, 2.45) is 0 Å². The zero-order valence-electron chi connectivity index (χ0n) is 9.84. The molecule has 0 radical (unpaired) electrons. The van der Waals surface area contributed by atoms with E-state index < -0.39 is 5.91 Å². The highest BCUT2D eigenvalue weighted by Crippen LogP contribution is 2.23. The maximum Gasteiger partial charge on any atom is 0.259 e. The van der Waals surface area contributed by atoms with Crippen LogP contribution in [0.4, 0.5) is 5.69 Å². The molecule has 0 atom stereocenters. The van der Waals surface area contributed by atoms with Gasteiger partial charge in [-0.3, -0.25) is 4.79 Å². The Morgan fingerprint density at radius 2 is 1.83 bits per heavy atom. The molecule has 3 N–H and O–H groups in total. The Balaban J connectivity index is 2.27. The Hall–Kier alpha value is -2.49. The highest BCUT2D eigenvalue weighted by Gasteiger charge is 2.11. The number of nitrogens with one attached hydrogen (secondary N) is 1. The molecule has 0 spiro atoms. The van der Waals surface area contributed by atoms with Gasteiger partial charge in [0.2, 0.25) is 0 Å². The van der Waals surface area contributed by atoms with Crippen molar-refractivity contribution < 1.29 is 15.0 Å². The first kappa shape index (κ1) is 12.0. The van der Waals surface area contributed by atoms with Crippen molar-refractivity contribution in [3.05, 3.63) is 53.6 Å². The summed E-state index contributed by atoms with van der Waals surface area (Å²) in [6.45, 7) is 1.82. The topological polar surface area (TPSA) is 69.6 Å². The third-order valence-corrected chi connectivity index (χ3v) is 2.62. The van der Waals surface area contributed by atoms with Crippen LogP contribution < -0.4 is 5.32 Å². The van der Waals surface area contributed by atoms with Gasteiger partial charge in [0.1, 0.15) is 11.5 Å². The van der Waals surface area contributed by atoms with Gasteiger partial charge in [-0.1, -0.05) is 18.2 Å². The number of hydrogen-bond acceptors (Lipinski definition) is 3. The monoisotopic (exact) mass is 243 g/mol. The molecule has 4 nitrogen and oxygen atoms in total. The number of aryl methyl sites for hydroxylation is 1. The van der Waals surface area contributed by atoms with Gasteiger partial charge in [-0.25, -0.2) is 0 Å². The third kappa shape index (κ3) is 2.43. The van der Waals surface area contributed by atoms with Gasteiger partial charge in [0.15, 0.2) is 0 Å². The molecule has 2 rings (SSSR count). The lowest BCUT2D eigenvalue weighted by molar-refractivity contribution is 0.102. The average molecular weight is 243 g/mol. The van der Waals surface area contributed by atoms with Crippen LogP contribution >= 0.6 is 0 Å². The van der Waals surface area contributed by atoms with Crippen LogP contribution in [0.3, 0.4) is 0 Å². The molecule has 2 aromatic rings. The molecule has 0 aliphatic heterocycles. The number of rotatable bonds is 2. The summed E-state index contributed by atoms with van der Waals surface area (Å²) in [6, 6.07) is 11.0. The van der Waals surface area contributed by atoms with Crippen LogP contribution in [-0.2, 0) is 0 Å². The van der Waals surface area contributed by atoms with Gasteiger partial charge in [0.05, 0.1) is 5.56 Å². The number of para-hydroxylation sites is 1. The van der Waals surface area contributed by atoms with Crippen molar-refractivity contribution in [3.8, 4) is 11.5 Å². The van der Waals surface area contributed by atoms with Crippen LogP contribution in [0.5, 0.6) is 11.5 Å². The first-order valence-electron chi connectivity index (χ1n) is 5.47. The SMILES string of the molecule is Cc1ccc(O)cc1NC(=O)c1ccccc1O. The number of aromatic hydroxyl groups is 2. The van der Waals surface area contributed by atoms with E-state index in [0.717, 1.165) is 5.56 Å². The minimum absolute atomic E-state index is 0.0761. The quantitative estimate of drug-likeness (QED) is 0.759. The molecule has 0 aliphatic carbocycles. The average Bonchev–Trinajstić information content (AvgIpc) is 2.34. The first-order valence-corrected chi connectivity index (χ1v) is 5.47. The smallest absolute Gasteiger partial charge is 0.259 e. The Labute approximate surface area is 105 Å². The van der Waals surface area contributed by atoms with Crippen LogP contribution in [0.2, 0.25) is 0 Å². The fourth-order valence-corrected chi connectivity index (χ4v) is 1.60. The summed E-state index contributed by atoms with van der Waals surface area (Å²) in [6.07, 6.45) is 0. The van der Waals surface area contributed by atoms with Crippen molar-refractivity contribution in [1.29, 1.82) is 0 Å². The van der Waals surface area contributed by atoms with Crippen LogP contribution in [0.25, 0.3) is 0 Å². The van der Waals surface area contributed by atoms with E-state index in [9.17, 15) is 15.0 Å². The van der Waals surface area contributed by atoms with E-state index in [4.69, 9.17) is 0 Å². The lowest BCUT2D eigenvalue weighted by Gasteiger charge is -2.09. The number of phenolic OH excluding ortho intramolecular Hbond substituents is 2. The number of hydrogen-bond donors (Lipinski definition) is 3. The zero-order valence-corrected chi connectivity index (χ0v) is 9.84. The Morgan fingerprint density at radius 3 is 2.56 bits per heavy atom. The van der Waals surface area contributed by atoms with Crippen molar-refractivity contribution in [2.45, 2.75) is 6.92 Å². The summed E-state index contributed by atoms with van der Waals surface area (Å²) in [4.78, 5) is 11.9. The summed E-state index contributed by atoms with van der Waals surface area (Å²) in [5.74, 6) is -0.414. The largest absolute Gasteiger partial charge is 0.508 e. The number of phenols is 2. The Bertz CT molecular complexity index is 593. The molecular formula is C14H13NO3. The van der Waals surface area contributed by atoms with Gasteiger partial charge >= 0.3 is 0 Å². The Morgan fingerprint density at radius 1 is 1.11 bits per heavy atom. The minimum Gasteiger partial charge on any atom is -0.508 e. The summed E-state index contributed by atoms with van der Waals surface area (Å²) in [5.41, 5.74) is 1.54. The molecule has 0 saturated heterocycles. The molecule has 0 unspecified atom stereocenters. The molecular weight excluding hydrogens is 230 g/mol. The van der Waals surface area contributed by atoms with Crippen LogP contribution in [-0.4, -0.2) is 16.1 Å². The van der Waals surface area contributed by atoms with E-state index in [1.807, 2.05) is 6.92 Å². The molecule has 18 heavy (non-hydrogen) atoms. The summed E-state index contributed by atoms with van der Waals surface area (Å²) in [7, 11) is 0. The number of carbonyl (C=O) groups is 1. The van der Waals surface area contributed by atoms with E-state index >= 15 is 0 Å². The Kier molecular flexibility index (Phi) is 3.19. The molecule has 0 saturated carbocycles. The van der Waals surface area contributed by atoms with Crippen LogP contribution in [0.1, 0.15) is 15.9 Å². The summed E-state index contributed by atoms with van der Waals surface area (Å²) in [5, 5.41) is 21.6. The van der Waals surface area contributed by atoms with Crippen molar-refractivity contribution in [1.82, 2.24) is 0 Å². The fourth-order valence-electron chi connectivity index (χ4n) is 1.60. The van der Waals surface area contributed by atoms with E-state index in [0.29, 0.717) is 5.69 Å². The first-order chi connectivity index (χ1) is 8.58. The highest BCUT2D eigenvalue weighted by molar-refractivity contribution is 6.06. The highest BCUT2D eigenvalue weighted by atomic mass is 16.3. The van der Waals surface area contributed by atoms with Crippen LogP contribution in [0, 0.1) is 6.92 Å². The second-order valence-electron chi connectivity index (χ2n) is 3.97. The second-order valence-corrected chi connectivity index (χ2v) is 3.97. The zero-order chi connectivity index (χ0) is 13.1. The predicted molar refractivity (Wildman–Crippen MR) is 68.9 cm³/mol. The summed E-state index contributed by atoms with van der Waals surface area (Å²) >= 11 is 0. The molecule has 0 aliphatic rings. The van der Waals surface area contributed by atoms with Crippen LogP contribution in [0.15, 0.2) is 42.5 Å². The molecule has 2 aromatic carbocycles. The van der Waals surface area contributed by atoms with Crippen molar-refractivity contribution >= 4 is 11.6 Å². The normalized spacial score (nSPS) is 10.1. The molecule has 0 aromatic heterocycles. The van der Waals surface area contributed by atoms with Gasteiger partial charge < -0.3 is 15.5 Å². The van der Waals surface area contributed by atoms with E-state index in [1.165, 1.54) is 18.2 Å². The number of anilines is 1. The molecule has 4 heteroatoms. The van der Waals surface area contributed by atoms with E-state index in [1.54, 1.807) is 24.3 Å². The molecule has 0 heterocycles. The molecule has 1 amide bonds. The molecule has 0 fully saturated rings. The number of benzene rings is 2. The van der Waals surface area contributed by atoms with E-state index in [2.05, 4.69) is 5.32 Å². The second kappa shape index (κ2) is 4.79. The summed E-state index contributed by atoms with van der Waals surface area (Å²) < 4.78 is 0. The lowest BCUT2D eigenvalue weighted by Crippen LogP contribution is -2.12. The standard InChI is InChI=1S/C14H13NO3/c1-9-6-7-10(16)8-12(9)15-14(18)11-4-2-3-5-13(11)17/h2-8,16-17H,1H3,(H,15,18). The van der Waals surface area contributed by atoms with Gasteiger partial charge in [0.25, 0.3) is 5.91 Å². The van der Waals surface area contributed by atoms with Crippen molar-refractivity contribution in [3.63, 3.8) is 0 Å². The van der Waals surface area contributed by atoms with Gasteiger partial charge in [-0.15, -0.1) is 0 Å². The molecule has 92 valence electrons. The maximum atomic E-state index is 11.9. The molecule has 0 bridgehead atoms. The number of amides is 1. The minimum atomic E-state index is -0.415. The third-order valence-electron chi connectivity index (χ3n) is 2.62. The van der Waals surface area contributed by atoms with E-state index in [-0.39, 0.29) is 17.1 Å². The fraction of sp³-hybridized carbons (Fsp3) is 0.0714. The maximum absolute atomic E-state index is 11.9. The van der Waals surface area contributed by atoms with Gasteiger partial charge in [-0.05, 0) is 30.7 Å². The van der Waals surface area contributed by atoms with Gasteiger partial charge in [-0.2, -0.15) is 0 Å².